The Hall–Kier alpha value is -3.67. The van der Waals surface area contributed by atoms with Gasteiger partial charge in [0.2, 0.25) is 0 Å². The van der Waals surface area contributed by atoms with Crippen LogP contribution in [0.3, 0.4) is 0 Å². The summed E-state index contributed by atoms with van der Waals surface area (Å²) >= 11 is 0. The molecule has 0 saturated heterocycles. The predicted octanol–water partition coefficient (Wildman–Crippen LogP) is 22.0. The molecule has 0 aliphatic rings. The van der Waals surface area contributed by atoms with Crippen LogP contribution in [0.25, 0.3) is 0 Å². The summed E-state index contributed by atoms with van der Waals surface area (Å²) in [5, 5.41) is 0. The summed E-state index contributed by atoms with van der Waals surface area (Å²) in [6.45, 7) is 6.52. The molecule has 0 spiro atoms. The van der Waals surface area contributed by atoms with Crippen LogP contribution in [0.1, 0.15) is 310 Å². The zero-order chi connectivity index (χ0) is 55.0. The molecule has 0 aliphatic carbocycles. The summed E-state index contributed by atoms with van der Waals surface area (Å²) in [6.07, 6.45) is 85.5. The Bertz CT molecular complexity index is 1490. The molecule has 0 N–H and O–H groups in total. The van der Waals surface area contributed by atoms with Gasteiger partial charge >= 0.3 is 17.9 Å². The molecule has 1 atom stereocenters. The first-order valence-electron chi connectivity index (χ1n) is 32.2. The van der Waals surface area contributed by atoms with Gasteiger partial charge in [-0.2, -0.15) is 0 Å². The Morgan fingerprint density at radius 2 is 0.513 bits per heavy atom. The second-order valence-corrected chi connectivity index (χ2v) is 21.3. The molecule has 0 aromatic rings. The lowest BCUT2D eigenvalue weighted by Crippen LogP contribution is -2.30. The fourth-order valence-electron chi connectivity index (χ4n) is 8.97. The van der Waals surface area contributed by atoms with Gasteiger partial charge in [-0.3, -0.25) is 14.4 Å². The van der Waals surface area contributed by atoms with E-state index in [-0.39, 0.29) is 31.1 Å². The summed E-state index contributed by atoms with van der Waals surface area (Å²) in [7, 11) is 0. The highest BCUT2D eigenvalue weighted by Crippen LogP contribution is 2.16. The molecule has 0 fully saturated rings. The summed E-state index contributed by atoms with van der Waals surface area (Å²) in [4.78, 5) is 38.3. The van der Waals surface area contributed by atoms with Crippen molar-refractivity contribution in [2.75, 3.05) is 13.2 Å². The Kier molecular flexibility index (Phi) is 60.8. The summed E-state index contributed by atoms with van der Waals surface area (Å²) in [5.41, 5.74) is 0. The molecule has 6 nitrogen and oxygen atoms in total. The van der Waals surface area contributed by atoms with Gasteiger partial charge in [0.15, 0.2) is 6.10 Å². The van der Waals surface area contributed by atoms with Gasteiger partial charge < -0.3 is 14.2 Å². The zero-order valence-electron chi connectivity index (χ0n) is 50.0. The maximum absolute atomic E-state index is 12.9. The molecule has 76 heavy (non-hydrogen) atoms. The Morgan fingerprint density at radius 3 is 0.816 bits per heavy atom. The average molecular weight is 1060 g/mol. The van der Waals surface area contributed by atoms with Crippen molar-refractivity contribution in [1.82, 2.24) is 0 Å². The van der Waals surface area contributed by atoms with Crippen molar-refractivity contribution in [3.8, 4) is 0 Å². The second-order valence-electron chi connectivity index (χ2n) is 21.3. The lowest BCUT2D eigenvalue weighted by Gasteiger charge is -2.18. The normalized spacial score (nSPS) is 12.7. The minimum Gasteiger partial charge on any atom is -0.462 e. The van der Waals surface area contributed by atoms with Crippen molar-refractivity contribution in [1.29, 1.82) is 0 Å². The van der Waals surface area contributed by atoms with Crippen LogP contribution in [0, 0.1) is 0 Å². The molecule has 0 bridgehead atoms. The first kappa shape index (κ1) is 72.3. The summed E-state index contributed by atoms with van der Waals surface area (Å²) in [6, 6.07) is 0. The number of rotatable bonds is 58. The Morgan fingerprint density at radius 1 is 0.276 bits per heavy atom. The molecular formula is C70H120O6. The van der Waals surface area contributed by atoms with E-state index in [1.807, 2.05) is 0 Å². The first-order valence-corrected chi connectivity index (χ1v) is 32.2. The van der Waals surface area contributed by atoms with E-state index >= 15 is 0 Å². The van der Waals surface area contributed by atoms with E-state index in [4.69, 9.17) is 14.2 Å². The number of hydrogen-bond acceptors (Lipinski definition) is 6. The van der Waals surface area contributed by atoms with Crippen molar-refractivity contribution >= 4 is 17.9 Å². The van der Waals surface area contributed by atoms with Crippen LogP contribution >= 0.6 is 0 Å². The van der Waals surface area contributed by atoms with Crippen LogP contribution < -0.4 is 0 Å². The lowest BCUT2D eigenvalue weighted by atomic mass is 10.1. The van der Waals surface area contributed by atoms with Gasteiger partial charge in [0.05, 0.1) is 0 Å². The molecule has 0 amide bonds. The van der Waals surface area contributed by atoms with Gasteiger partial charge in [0.25, 0.3) is 0 Å². The highest BCUT2D eigenvalue weighted by Gasteiger charge is 2.19. The van der Waals surface area contributed by atoms with Crippen molar-refractivity contribution < 1.29 is 28.6 Å². The van der Waals surface area contributed by atoms with Crippen LogP contribution in [-0.4, -0.2) is 37.2 Å². The third kappa shape index (κ3) is 61.2. The van der Waals surface area contributed by atoms with Gasteiger partial charge in [-0.1, -0.05) is 266 Å². The highest BCUT2D eigenvalue weighted by atomic mass is 16.6. The smallest absolute Gasteiger partial charge is 0.306 e. The standard InChI is InChI=1S/C70H120O6/c1-4-7-10-13-16-19-22-25-28-30-32-33-34-35-36-37-39-40-42-45-48-51-54-57-60-63-69(72)75-66-67(65-74-68(71)62-59-56-53-50-47-44-27-24-21-18-15-12-9-6-3)76-70(73)64-61-58-55-52-49-46-43-41-38-31-29-26-23-20-17-14-11-8-5-2/h7,10,16,19,24-29,32-33,35-36,39-40,67H,4-6,8-9,11-15,17-18,20-23,30-31,34,37-38,41-66H2,1-3H3/b10-7-,19-16-,27-24-,28-25-,29-26-,33-32-,36-35-,40-39-. The minimum absolute atomic E-state index is 0.0865. The average Bonchev–Trinajstić information content (AvgIpc) is 3.42. The van der Waals surface area contributed by atoms with E-state index in [1.54, 1.807) is 0 Å². The van der Waals surface area contributed by atoms with Crippen LogP contribution in [-0.2, 0) is 28.6 Å². The quantitative estimate of drug-likeness (QED) is 0.0261. The third-order valence-corrected chi connectivity index (χ3v) is 13.8. The minimum atomic E-state index is -0.790. The molecular weight excluding hydrogens is 937 g/mol. The van der Waals surface area contributed by atoms with Gasteiger partial charge in [-0.05, 0) is 122 Å². The number of esters is 3. The van der Waals surface area contributed by atoms with Crippen LogP contribution in [0.5, 0.6) is 0 Å². The number of allylic oxidation sites excluding steroid dienone is 16. The van der Waals surface area contributed by atoms with Gasteiger partial charge in [-0.15, -0.1) is 0 Å². The molecule has 0 rings (SSSR count). The monoisotopic (exact) mass is 1060 g/mol. The molecule has 6 heteroatoms. The van der Waals surface area contributed by atoms with E-state index in [1.165, 1.54) is 154 Å². The molecule has 0 aromatic carbocycles. The maximum Gasteiger partial charge on any atom is 0.306 e. The van der Waals surface area contributed by atoms with Crippen molar-refractivity contribution in [2.24, 2.45) is 0 Å². The maximum atomic E-state index is 12.9. The van der Waals surface area contributed by atoms with Crippen LogP contribution in [0.15, 0.2) is 97.2 Å². The van der Waals surface area contributed by atoms with Crippen molar-refractivity contribution in [3.63, 3.8) is 0 Å². The SMILES string of the molecule is CC/C=C\C/C=C\C/C=C\C/C=C\C/C=C\C/C=C\CCCCCCCCC(=O)OCC(COC(=O)CCCCCCC/C=C\CCCCCCC)OC(=O)CCCCCCCCCCC/C=C\CCCCCCCC. The number of unbranched alkanes of at least 4 members (excludes halogenated alkanes) is 31. The topological polar surface area (TPSA) is 78.9 Å². The van der Waals surface area contributed by atoms with Gasteiger partial charge in [-0.25, -0.2) is 0 Å². The van der Waals surface area contributed by atoms with Crippen molar-refractivity contribution in [2.45, 2.75) is 316 Å². The largest absolute Gasteiger partial charge is 0.462 e. The van der Waals surface area contributed by atoms with E-state index in [9.17, 15) is 14.4 Å². The number of ether oxygens (including phenoxy) is 3. The Balaban J connectivity index is 4.39. The van der Waals surface area contributed by atoms with E-state index in [0.717, 1.165) is 116 Å². The molecule has 0 radical (unpaired) electrons. The van der Waals surface area contributed by atoms with E-state index in [0.29, 0.717) is 19.3 Å². The molecule has 0 aliphatic heterocycles. The third-order valence-electron chi connectivity index (χ3n) is 13.8. The number of carbonyl (C=O) groups is 3. The predicted molar refractivity (Wildman–Crippen MR) is 330 cm³/mol. The highest BCUT2D eigenvalue weighted by molar-refractivity contribution is 5.71. The lowest BCUT2D eigenvalue weighted by molar-refractivity contribution is -0.167. The summed E-state index contributed by atoms with van der Waals surface area (Å²) in [5.74, 6) is -0.901. The second kappa shape index (κ2) is 63.9. The van der Waals surface area contributed by atoms with Gasteiger partial charge in [0, 0.05) is 19.3 Å². The number of hydrogen-bond donors (Lipinski definition) is 0. The first-order chi connectivity index (χ1) is 37.5. The van der Waals surface area contributed by atoms with Crippen molar-refractivity contribution in [3.05, 3.63) is 97.2 Å². The molecule has 0 saturated carbocycles. The summed E-state index contributed by atoms with van der Waals surface area (Å²) < 4.78 is 16.9. The zero-order valence-corrected chi connectivity index (χ0v) is 50.0. The molecule has 436 valence electrons. The fourth-order valence-corrected chi connectivity index (χ4v) is 8.97. The fraction of sp³-hybridized carbons (Fsp3) is 0.729. The van der Waals surface area contributed by atoms with E-state index < -0.39 is 6.10 Å². The Labute approximate surface area is 470 Å². The van der Waals surface area contributed by atoms with Crippen LogP contribution in [0.4, 0.5) is 0 Å². The van der Waals surface area contributed by atoms with E-state index in [2.05, 4.69) is 118 Å². The van der Waals surface area contributed by atoms with Gasteiger partial charge in [0.1, 0.15) is 13.2 Å². The molecule has 0 aromatic heterocycles. The molecule has 1 unspecified atom stereocenters. The van der Waals surface area contributed by atoms with Crippen LogP contribution in [0.2, 0.25) is 0 Å². The molecule has 0 heterocycles. The number of carbonyl (C=O) groups excluding carboxylic acids is 3.